The second-order valence-corrected chi connectivity index (χ2v) is 9.76. The number of Topliss-reactive ketones (excluding diaryl/α,β-unsaturated/α-hetero) is 1. The van der Waals surface area contributed by atoms with Gasteiger partial charge in [0.15, 0.2) is 5.78 Å². The fourth-order valence-electron chi connectivity index (χ4n) is 5.14. The molecule has 2 fully saturated rings. The zero-order chi connectivity index (χ0) is 22.1. The molecule has 2 atom stereocenters. The van der Waals surface area contributed by atoms with E-state index in [-0.39, 0.29) is 6.04 Å². The number of piperidine rings is 1. The van der Waals surface area contributed by atoms with E-state index < -0.39 is 0 Å². The van der Waals surface area contributed by atoms with Crippen molar-refractivity contribution in [2.24, 2.45) is 11.8 Å². The van der Waals surface area contributed by atoms with E-state index in [0.717, 1.165) is 61.3 Å². The van der Waals surface area contributed by atoms with E-state index in [9.17, 15) is 4.79 Å². The van der Waals surface area contributed by atoms with Gasteiger partial charge in [-0.25, -0.2) is 9.97 Å². The molecular formula is C26H33N5O. The van der Waals surface area contributed by atoms with Gasteiger partial charge in [-0.15, -0.1) is 0 Å². The molecule has 0 bridgehead atoms. The molecule has 6 nitrogen and oxygen atoms in total. The molecule has 0 amide bonds. The molecule has 1 aromatic carbocycles. The number of para-hydroxylation sites is 1. The Kier molecular flexibility index (Phi) is 5.85. The van der Waals surface area contributed by atoms with Crippen molar-refractivity contribution < 1.29 is 4.79 Å². The molecule has 32 heavy (non-hydrogen) atoms. The first-order valence-electron chi connectivity index (χ1n) is 12.0. The monoisotopic (exact) mass is 431 g/mol. The molecule has 2 aliphatic rings. The number of nitrogens with one attached hydrogen (secondary N) is 2. The number of nitrogens with zero attached hydrogens (tertiary/aromatic N) is 3. The summed E-state index contributed by atoms with van der Waals surface area (Å²) >= 11 is 0. The van der Waals surface area contributed by atoms with Crippen LogP contribution in [-0.4, -0.2) is 39.9 Å². The number of benzene rings is 1. The number of hydrogen-bond donors (Lipinski definition) is 2. The van der Waals surface area contributed by atoms with Crippen LogP contribution in [0.4, 0.5) is 11.5 Å². The van der Waals surface area contributed by atoms with Crippen molar-refractivity contribution in [3.8, 4) is 0 Å². The highest BCUT2D eigenvalue weighted by Crippen LogP contribution is 2.37. The molecule has 6 heteroatoms. The molecule has 0 radical (unpaired) electrons. The van der Waals surface area contributed by atoms with Crippen LogP contribution < -0.4 is 10.2 Å². The molecule has 0 spiro atoms. The molecule has 0 unspecified atom stereocenters. The number of carbonyl (C=O) groups excluding carboxylic acids is 1. The number of fused-ring (bicyclic) bond motifs is 1. The summed E-state index contributed by atoms with van der Waals surface area (Å²) in [6.07, 6.45) is 8.66. The van der Waals surface area contributed by atoms with Gasteiger partial charge in [-0.2, -0.15) is 0 Å². The molecule has 1 saturated carbocycles. The van der Waals surface area contributed by atoms with Gasteiger partial charge in [0, 0.05) is 31.4 Å². The third-order valence-electron chi connectivity index (χ3n) is 6.98. The lowest BCUT2D eigenvalue weighted by atomic mass is 9.89. The minimum absolute atomic E-state index is 0.0688. The van der Waals surface area contributed by atoms with Crippen LogP contribution in [0, 0.1) is 11.8 Å². The highest BCUT2D eigenvalue weighted by Gasteiger charge is 2.37. The van der Waals surface area contributed by atoms with E-state index in [4.69, 9.17) is 0 Å². The number of hydrogen-bond acceptors (Lipinski definition) is 5. The maximum atomic E-state index is 13.5. The van der Waals surface area contributed by atoms with Crippen LogP contribution in [0.5, 0.6) is 0 Å². The smallest absolute Gasteiger partial charge is 0.155 e. The van der Waals surface area contributed by atoms with E-state index in [1.54, 1.807) is 6.33 Å². The van der Waals surface area contributed by atoms with E-state index in [0.29, 0.717) is 30.0 Å². The van der Waals surface area contributed by atoms with E-state index in [2.05, 4.69) is 63.3 Å². The van der Waals surface area contributed by atoms with Gasteiger partial charge in [0.05, 0.1) is 11.4 Å². The molecule has 3 heterocycles. The molecule has 168 valence electrons. The summed E-state index contributed by atoms with van der Waals surface area (Å²) in [5.74, 6) is 2.62. The molecular weight excluding hydrogens is 398 g/mol. The van der Waals surface area contributed by atoms with Gasteiger partial charge >= 0.3 is 0 Å². The highest BCUT2D eigenvalue weighted by atomic mass is 16.1. The molecule has 1 saturated heterocycles. The Hall–Kier alpha value is -2.89. The molecule has 1 aliphatic carbocycles. The Labute approximate surface area is 189 Å². The standard InChI is InChI=1S/C26H33N5O/c1-17(2)20-7-3-4-8-22(20)30-24(19-9-10-19)23(32)14-18-6-5-13-31(15-18)26-21-11-12-27-25(21)28-16-29-26/h3-4,7-8,11-12,16-19,24,30H,5-6,9-10,13-15H2,1-2H3,(H,27,28,29)/t18-,24+/m0/s1. The third kappa shape index (κ3) is 4.36. The zero-order valence-corrected chi connectivity index (χ0v) is 19.1. The molecule has 2 N–H and O–H groups in total. The van der Waals surface area contributed by atoms with Crippen LogP contribution in [0.15, 0.2) is 42.9 Å². The van der Waals surface area contributed by atoms with Crippen molar-refractivity contribution in [1.29, 1.82) is 0 Å². The lowest BCUT2D eigenvalue weighted by molar-refractivity contribution is -0.121. The summed E-state index contributed by atoms with van der Waals surface area (Å²) in [6.45, 7) is 6.27. The van der Waals surface area contributed by atoms with Crippen molar-refractivity contribution in [3.05, 3.63) is 48.4 Å². The van der Waals surface area contributed by atoms with E-state index in [1.165, 1.54) is 5.56 Å². The minimum Gasteiger partial charge on any atom is -0.375 e. The molecule has 5 rings (SSSR count). The fourth-order valence-corrected chi connectivity index (χ4v) is 5.14. The maximum Gasteiger partial charge on any atom is 0.155 e. The average molecular weight is 432 g/mol. The first kappa shape index (κ1) is 21.0. The van der Waals surface area contributed by atoms with Crippen molar-refractivity contribution in [1.82, 2.24) is 15.0 Å². The maximum absolute atomic E-state index is 13.5. The Bertz CT molecular complexity index is 1090. The lowest BCUT2D eigenvalue weighted by Gasteiger charge is -2.34. The number of H-pyrrole nitrogens is 1. The predicted octanol–water partition coefficient (Wildman–Crippen LogP) is 5.15. The van der Waals surface area contributed by atoms with Crippen LogP contribution in [0.25, 0.3) is 11.0 Å². The predicted molar refractivity (Wildman–Crippen MR) is 129 cm³/mol. The first-order valence-corrected chi connectivity index (χ1v) is 12.0. The van der Waals surface area contributed by atoms with Gasteiger partial charge in [0.1, 0.15) is 17.8 Å². The zero-order valence-electron chi connectivity index (χ0n) is 19.1. The van der Waals surface area contributed by atoms with Gasteiger partial charge in [-0.05, 0) is 61.1 Å². The topological polar surface area (TPSA) is 73.9 Å². The summed E-state index contributed by atoms with van der Waals surface area (Å²) < 4.78 is 0. The molecule has 3 aromatic rings. The van der Waals surface area contributed by atoms with Crippen molar-refractivity contribution in [2.75, 3.05) is 23.3 Å². The van der Waals surface area contributed by atoms with Crippen LogP contribution >= 0.6 is 0 Å². The summed E-state index contributed by atoms with van der Waals surface area (Å²) in [6, 6.07) is 10.4. The Morgan fingerprint density at radius 1 is 1.19 bits per heavy atom. The quantitative estimate of drug-likeness (QED) is 0.516. The van der Waals surface area contributed by atoms with Gasteiger partial charge in [-0.3, -0.25) is 4.79 Å². The van der Waals surface area contributed by atoms with E-state index in [1.807, 2.05) is 12.3 Å². The summed E-state index contributed by atoms with van der Waals surface area (Å²) in [5, 5.41) is 4.71. The minimum atomic E-state index is -0.0688. The molecule has 1 aliphatic heterocycles. The number of carbonyl (C=O) groups is 1. The first-order chi connectivity index (χ1) is 15.6. The number of aromatic amines is 1. The van der Waals surface area contributed by atoms with Gasteiger partial charge in [0.25, 0.3) is 0 Å². The SMILES string of the molecule is CC(C)c1ccccc1N[C@@H](C(=O)C[C@@H]1CCCN(c2ncnc3[nH]ccc23)C1)C1CC1. The number of ketones is 1. The highest BCUT2D eigenvalue weighted by molar-refractivity contribution is 5.89. The van der Waals surface area contributed by atoms with Crippen LogP contribution in [0.2, 0.25) is 0 Å². The lowest BCUT2D eigenvalue weighted by Crippen LogP contribution is -2.39. The summed E-state index contributed by atoms with van der Waals surface area (Å²) in [7, 11) is 0. The number of rotatable bonds is 8. The van der Waals surface area contributed by atoms with Crippen LogP contribution in [-0.2, 0) is 4.79 Å². The Morgan fingerprint density at radius 3 is 2.84 bits per heavy atom. The fraction of sp³-hybridized carbons (Fsp3) is 0.500. The Balaban J connectivity index is 1.28. The third-order valence-corrected chi connectivity index (χ3v) is 6.98. The molecule has 2 aromatic heterocycles. The number of aromatic nitrogens is 3. The normalized spacial score (nSPS) is 20.0. The van der Waals surface area contributed by atoms with Crippen molar-refractivity contribution >= 4 is 28.3 Å². The van der Waals surface area contributed by atoms with E-state index >= 15 is 0 Å². The van der Waals surface area contributed by atoms with Crippen molar-refractivity contribution in [2.45, 2.75) is 57.9 Å². The largest absolute Gasteiger partial charge is 0.375 e. The van der Waals surface area contributed by atoms with Crippen LogP contribution in [0.1, 0.15) is 57.4 Å². The Morgan fingerprint density at radius 2 is 2.03 bits per heavy atom. The summed E-state index contributed by atoms with van der Waals surface area (Å²) in [4.78, 5) is 27.9. The number of anilines is 2. The van der Waals surface area contributed by atoms with Gasteiger partial charge < -0.3 is 15.2 Å². The van der Waals surface area contributed by atoms with Crippen molar-refractivity contribution in [3.63, 3.8) is 0 Å². The second kappa shape index (κ2) is 8.93. The average Bonchev–Trinajstić information content (AvgIpc) is 3.52. The summed E-state index contributed by atoms with van der Waals surface area (Å²) in [5.41, 5.74) is 3.28. The van der Waals surface area contributed by atoms with Gasteiger partial charge in [0.2, 0.25) is 0 Å². The van der Waals surface area contributed by atoms with Gasteiger partial charge in [-0.1, -0.05) is 32.0 Å². The second-order valence-electron chi connectivity index (χ2n) is 9.76. The van der Waals surface area contributed by atoms with Crippen LogP contribution in [0.3, 0.4) is 0 Å².